The van der Waals surface area contributed by atoms with E-state index < -0.39 is 17.9 Å². The molecule has 0 bridgehead atoms. The predicted octanol–water partition coefficient (Wildman–Crippen LogP) is 2.40. The van der Waals surface area contributed by atoms with Crippen LogP contribution in [0.15, 0.2) is 35.8 Å². The molecule has 1 aromatic rings. The topological polar surface area (TPSA) is 110 Å². The molecule has 1 aromatic carbocycles. The smallest absolute Gasteiger partial charge is 0.338 e. The van der Waals surface area contributed by atoms with Gasteiger partial charge in [-0.25, -0.2) is 4.79 Å². The summed E-state index contributed by atoms with van der Waals surface area (Å²) in [5.74, 6) is -0.433. The lowest BCUT2D eigenvalue weighted by Crippen LogP contribution is -2.16. The molecule has 0 aliphatic heterocycles. The molecule has 29 heavy (non-hydrogen) atoms. The standard InChI is InChI=1S/C20H24O9/c1-24-14-7-12(19(21)22)8-15(11-14)28-5-6-29-20(23)13-9-16(25-2)18(27-4)17(10-13)26-3/h7-10,12H,5-6,11H2,1-4H3,(H,21,22). The fourth-order valence-corrected chi connectivity index (χ4v) is 2.71. The molecule has 1 N–H and O–H groups in total. The third kappa shape index (κ3) is 5.56. The molecule has 158 valence electrons. The van der Waals surface area contributed by atoms with Gasteiger partial charge >= 0.3 is 11.9 Å². The number of carboxylic acids is 1. The third-order valence-electron chi connectivity index (χ3n) is 4.13. The minimum atomic E-state index is -1.01. The molecule has 9 nitrogen and oxygen atoms in total. The lowest BCUT2D eigenvalue weighted by molar-refractivity contribution is -0.138. The summed E-state index contributed by atoms with van der Waals surface area (Å²) in [4.78, 5) is 23.5. The minimum absolute atomic E-state index is 0.0311. The van der Waals surface area contributed by atoms with Crippen molar-refractivity contribution in [3.05, 3.63) is 41.4 Å². The highest BCUT2D eigenvalue weighted by Gasteiger charge is 2.22. The number of methoxy groups -OCH3 is 4. The zero-order valence-corrected chi connectivity index (χ0v) is 16.7. The summed E-state index contributed by atoms with van der Waals surface area (Å²) in [5.41, 5.74) is 0.229. The molecule has 0 heterocycles. The van der Waals surface area contributed by atoms with E-state index in [-0.39, 0.29) is 18.8 Å². The van der Waals surface area contributed by atoms with Crippen LogP contribution < -0.4 is 14.2 Å². The summed E-state index contributed by atoms with van der Waals surface area (Å²) in [5, 5.41) is 9.16. The van der Waals surface area contributed by atoms with Gasteiger partial charge < -0.3 is 33.5 Å². The van der Waals surface area contributed by atoms with E-state index in [0.717, 1.165) is 0 Å². The van der Waals surface area contributed by atoms with Gasteiger partial charge in [0.15, 0.2) is 11.5 Å². The zero-order valence-electron chi connectivity index (χ0n) is 16.7. The molecule has 0 saturated carbocycles. The normalized spacial score (nSPS) is 15.5. The number of carbonyl (C=O) groups is 2. The van der Waals surface area contributed by atoms with Gasteiger partial charge in [0.1, 0.15) is 24.7 Å². The van der Waals surface area contributed by atoms with Crippen LogP contribution in [-0.4, -0.2) is 58.7 Å². The van der Waals surface area contributed by atoms with Crippen molar-refractivity contribution in [3.63, 3.8) is 0 Å². The molecule has 2 rings (SSSR count). The van der Waals surface area contributed by atoms with Gasteiger partial charge in [-0.05, 0) is 24.3 Å². The molecule has 9 heteroatoms. The molecule has 1 aliphatic carbocycles. The molecular weight excluding hydrogens is 384 g/mol. The number of ether oxygens (including phenoxy) is 6. The maximum atomic E-state index is 12.3. The van der Waals surface area contributed by atoms with Gasteiger partial charge in [0.2, 0.25) is 5.75 Å². The van der Waals surface area contributed by atoms with E-state index in [1.807, 2.05) is 0 Å². The maximum absolute atomic E-state index is 12.3. The van der Waals surface area contributed by atoms with E-state index in [2.05, 4.69) is 0 Å². The Balaban J connectivity index is 1.94. The summed E-state index contributed by atoms with van der Waals surface area (Å²) in [7, 11) is 5.83. The van der Waals surface area contributed by atoms with E-state index >= 15 is 0 Å². The maximum Gasteiger partial charge on any atom is 0.338 e. The molecule has 1 atom stereocenters. The summed E-state index contributed by atoms with van der Waals surface area (Å²) < 4.78 is 31.5. The van der Waals surface area contributed by atoms with Crippen molar-refractivity contribution in [2.45, 2.75) is 6.42 Å². The fraction of sp³-hybridized carbons (Fsp3) is 0.400. The fourth-order valence-electron chi connectivity index (χ4n) is 2.71. The molecule has 0 saturated heterocycles. The Morgan fingerprint density at radius 2 is 1.55 bits per heavy atom. The Labute approximate surface area is 168 Å². The summed E-state index contributed by atoms with van der Waals surface area (Å²) in [6.07, 6.45) is 3.34. The van der Waals surface area contributed by atoms with E-state index in [1.54, 1.807) is 0 Å². The lowest BCUT2D eigenvalue weighted by atomic mass is 10.0. The molecule has 1 aliphatic rings. The van der Waals surface area contributed by atoms with Crippen LogP contribution in [0.1, 0.15) is 16.8 Å². The first-order valence-corrected chi connectivity index (χ1v) is 8.71. The second-order valence-corrected chi connectivity index (χ2v) is 5.91. The zero-order chi connectivity index (χ0) is 21.4. The first-order valence-electron chi connectivity index (χ1n) is 8.71. The molecule has 0 aromatic heterocycles. The van der Waals surface area contributed by atoms with Crippen LogP contribution in [0.3, 0.4) is 0 Å². The highest BCUT2D eigenvalue weighted by Crippen LogP contribution is 2.38. The molecule has 0 amide bonds. The van der Waals surface area contributed by atoms with Gasteiger partial charge in [-0.15, -0.1) is 0 Å². The van der Waals surface area contributed by atoms with Crippen LogP contribution in [0.2, 0.25) is 0 Å². The minimum Gasteiger partial charge on any atom is -0.501 e. The van der Waals surface area contributed by atoms with Crippen molar-refractivity contribution in [1.82, 2.24) is 0 Å². The van der Waals surface area contributed by atoms with Gasteiger partial charge in [0.05, 0.1) is 46.3 Å². The van der Waals surface area contributed by atoms with Crippen LogP contribution in [0.4, 0.5) is 0 Å². The number of carboxylic acid groups (broad SMARTS) is 1. The largest absolute Gasteiger partial charge is 0.501 e. The van der Waals surface area contributed by atoms with Crippen LogP contribution in [-0.2, 0) is 19.0 Å². The predicted molar refractivity (Wildman–Crippen MR) is 101 cm³/mol. The Kier molecular flexibility index (Phi) is 7.76. The monoisotopic (exact) mass is 408 g/mol. The van der Waals surface area contributed by atoms with Crippen molar-refractivity contribution >= 4 is 11.9 Å². The Morgan fingerprint density at radius 1 is 0.931 bits per heavy atom. The lowest BCUT2D eigenvalue weighted by Gasteiger charge is -2.19. The van der Waals surface area contributed by atoms with Crippen molar-refractivity contribution in [3.8, 4) is 17.2 Å². The van der Waals surface area contributed by atoms with Gasteiger partial charge in [-0.1, -0.05) is 0 Å². The van der Waals surface area contributed by atoms with E-state index in [9.17, 15) is 9.59 Å². The first kappa shape index (κ1) is 21.9. The molecule has 0 radical (unpaired) electrons. The third-order valence-corrected chi connectivity index (χ3v) is 4.13. The number of aliphatic carboxylic acids is 1. The van der Waals surface area contributed by atoms with Crippen LogP contribution in [0.5, 0.6) is 17.2 Å². The SMILES string of the molecule is COC1=CC(C(=O)O)C=C(OCCOC(=O)c2cc(OC)c(OC)c(OC)c2)C1. The Bertz CT molecular complexity index is 785. The molecule has 1 unspecified atom stereocenters. The number of hydrogen-bond donors (Lipinski definition) is 1. The number of rotatable bonds is 10. The summed E-state index contributed by atoms with van der Waals surface area (Å²) >= 11 is 0. The van der Waals surface area contributed by atoms with Crippen LogP contribution in [0.25, 0.3) is 0 Å². The quantitative estimate of drug-likeness (QED) is 0.461. The van der Waals surface area contributed by atoms with E-state index in [1.165, 1.54) is 52.7 Å². The molecular formula is C20H24O9. The highest BCUT2D eigenvalue weighted by atomic mass is 16.6. The Morgan fingerprint density at radius 3 is 2.07 bits per heavy atom. The van der Waals surface area contributed by atoms with Crippen molar-refractivity contribution < 1.29 is 43.1 Å². The summed E-state index contributed by atoms with van der Waals surface area (Å²) in [6, 6.07) is 2.97. The van der Waals surface area contributed by atoms with Gasteiger partial charge in [-0.3, -0.25) is 4.79 Å². The second kappa shape index (κ2) is 10.3. The second-order valence-electron chi connectivity index (χ2n) is 5.91. The van der Waals surface area contributed by atoms with Crippen LogP contribution in [0, 0.1) is 5.92 Å². The average Bonchev–Trinajstić information content (AvgIpc) is 2.74. The number of carbonyl (C=O) groups excluding carboxylic acids is 1. The van der Waals surface area contributed by atoms with E-state index in [4.69, 9.17) is 33.5 Å². The average molecular weight is 408 g/mol. The Hall–Kier alpha value is -3.36. The molecule has 0 spiro atoms. The highest BCUT2D eigenvalue weighted by molar-refractivity contribution is 5.91. The van der Waals surface area contributed by atoms with Crippen molar-refractivity contribution in [2.75, 3.05) is 41.7 Å². The van der Waals surface area contributed by atoms with Gasteiger partial charge in [0.25, 0.3) is 0 Å². The van der Waals surface area contributed by atoms with Gasteiger partial charge in [0, 0.05) is 0 Å². The van der Waals surface area contributed by atoms with Crippen molar-refractivity contribution in [1.29, 1.82) is 0 Å². The number of hydrogen-bond acceptors (Lipinski definition) is 8. The van der Waals surface area contributed by atoms with Crippen LogP contribution >= 0.6 is 0 Å². The first-order chi connectivity index (χ1) is 13.9. The van der Waals surface area contributed by atoms with Gasteiger partial charge in [-0.2, -0.15) is 0 Å². The van der Waals surface area contributed by atoms with E-state index in [0.29, 0.717) is 35.2 Å². The summed E-state index contributed by atoms with van der Waals surface area (Å²) in [6.45, 7) is 0.0297. The van der Waals surface area contributed by atoms with Crippen molar-refractivity contribution in [2.24, 2.45) is 5.92 Å². The number of benzene rings is 1. The number of esters is 1. The molecule has 0 fully saturated rings.